The number of sulfonamides is 1. The zero-order valence-electron chi connectivity index (χ0n) is 15.7. The first-order chi connectivity index (χ1) is 13.7. The lowest BCUT2D eigenvalue weighted by Gasteiger charge is -2.13. The van der Waals surface area contributed by atoms with Gasteiger partial charge in [0, 0.05) is 5.56 Å². The summed E-state index contributed by atoms with van der Waals surface area (Å²) in [5, 5.41) is 3.23. The van der Waals surface area contributed by atoms with E-state index in [1.54, 1.807) is 49.4 Å². The molecule has 0 fully saturated rings. The SMILES string of the molecule is Cc1ccc(S(=O)(=O)Nc2cc(C(=O)Nc3cccc(Cl)c3Cl)ccc2C)cc1. The number of benzene rings is 3. The number of carbonyl (C=O) groups is 1. The highest BCUT2D eigenvalue weighted by Gasteiger charge is 2.17. The van der Waals surface area contributed by atoms with Crippen molar-refractivity contribution in [2.45, 2.75) is 18.7 Å². The van der Waals surface area contributed by atoms with E-state index in [1.165, 1.54) is 18.2 Å². The van der Waals surface area contributed by atoms with Crippen molar-refractivity contribution in [3.8, 4) is 0 Å². The molecule has 3 aromatic rings. The van der Waals surface area contributed by atoms with Crippen molar-refractivity contribution < 1.29 is 13.2 Å². The molecule has 0 saturated carbocycles. The van der Waals surface area contributed by atoms with Gasteiger partial charge in [0.2, 0.25) is 0 Å². The van der Waals surface area contributed by atoms with Gasteiger partial charge < -0.3 is 5.32 Å². The summed E-state index contributed by atoms with van der Waals surface area (Å²) in [7, 11) is -3.79. The van der Waals surface area contributed by atoms with Crippen molar-refractivity contribution in [2.75, 3.05) is 10.0 Å². The molecule has 5 nitrogen and oxygen atoms in total. The van der Waals surface area contributed by atoms with E-state index in [0.29, 0.717) is 22.0 Å². The van der Waals surface area contributed by atoms with Gasteiger partial charge in [0.1, 0.15) is 0 Å². The van der Waals surface area contributed by atoms with Gasteiger partial charge in [0.05, 0.1) is 26.3 Å². The number of aryl methyl sites for hydroxylation is 2. The summed E-state index contributed by atoms with van der Waals surface area (Å²) in [6.07, 6.45) is 0. The highest BCUT2D eigenvalue weighted by molar-refractivity contribution is 7.92. The average Bonchev–Trinajstić information content (AvgIpc) is 2.67. The van der Waals surface area contributed by atoms with Gasteiger partial charge >= 0.3 is 0 Å². The fraction of sp³-hybridized carbons (Fsp3) is 0.0952. The molecule has 3 rings (SSSR count). The number of carbonyl (C=O) groups excluding carboxylic acids is 1. The van der Waals surface area contributed by atoms with Gasteiger partial charge in [-0.3, -0.25) is 9.52 Å². The normalized spacial score (nSPS) is 11.2. The first kappa shape index (κ1) is 21.2. The smallest absolute Gasteiger partial charge is 0.261 e. The molecule has 0 atom stereocenters. The molecular formula is C21H18Cl2N2O3S. The van der Waals surface area contributed by atoms with E-state index < -0.39 is 15.9 Å². The zero-order chi connectivity index (χ0) is 21.2. The van der Waals surface area contributed by atoms with Crippen LogP contribution < -0.4 is 10.0 Å². The first-order valence-corrected chi connectivity index (χ1v) is 10.9. The second-order valence-electron chi connectivity index (χ2n) is 6.50. The van der Waals surface area contributed by atoms with Crippen molar-refractivity contribution >= 4 is 50.5 Å². The fourth-order valence-electron chi connectivity index (χ4n) is 2.59. The van der Waals surface area contributed by atoms with Crippen LogP contribution in [0.15, 0.2) is 65.6 Å². The summed E-state index contributed by atoms with van der Waals surface area (Å²) >= 11 is 12.1. The van der Waals surface area contributed by atoms with Crippen LogP contribution in [0.2, 0.25) is 10.0 Å². The molecule has 0 aliphatic heterocycles. The molecule has 0 saturated heterocycles. The molecule has 0 aliphatic rings. The Labute approximate surface area is 179 Å². The summed E-state index contributed by atoms with van der Waals surface area (Å²) in [4.78, 5) is 12.8. The summed E-state index contributed by atoms with van der Waals surface area (Å²) in [6, 6.07) is 16.2. The lowest BCUT2D eigenvalue weighted by atomic mass is 10.1. The van der Waals surface area contributed by atoms with Crippen LogP contribution in [-0.4, -0.2) is 14.3 Å². The Morgan fingerprint density at radius 2 is 1.59 bits per heavy atom. The summed E-state index contributed by atoms with van der Waals surface area (Å²) < 4.78 is 27.9. The van der Waals surface area contributed by atoms with Crippen LogP contribution in [0.1, 0.15) is 21.5 Å². The third-order valence-corrected chi connectivity index (χ3v) is 6.48. The number of hydrogen-bond acceptors (Lipinski definition) is 3. The van der Waals surface area contributed by atoms with E-state index in [2.05, 4.69) is 10.0 Å². The van der Waals surface area contributed by atoms with Crippen LogP contribution in [-0.2, 0) is 10.0 Å². The zero-order valence-corrected chi connectivity index (χ0v) is 18.0. The van der Waals surface area contributed by atoms with Gasteiger partial charge in [-0.25, -0.2) is 8.42 Å². The lowest BCUT2D eigenvalue weighted by Crippen LogP contribution is -2.16. The van der Waals surface area contributed by atoms with Crippen molar-refractivity contribution in [1.82, 2.24) is 0 Å². The fourth-order valence-corrected chi connectivity index (χ4v) is 4.06. The van der Waals surface area contributed by atoms with Crippen molar-refractivity contribution in [2.24, 2.45) is 0 Å². The quantitative estimate of drug-likeness (QED) is 0.528. The van der Waals surface area contributed by atoms with Gasteiger partial charge in [0.15, 0.2) is 0 Å². The molecule has 0 aliphatic carbocycles. The molecule has 0 heterocycles. The molecule has 0 unspecified atom stereocenters. The van der Waals surface area contributed by atoms with E-state index in [-0.39, 0.29) is 15.5 Å². The second-order valence-corrected chi connectivity index (χ2v) is 8.97. The molecule has 8 heteroatoms. The largest absolute Gasteiger partial charge is 0.321 e. The lowest BCUT2D eigenvalue weighted by molar-refractivity contribution is 0.102. The predicted octanol–water partition coefficient (Wildman–Crippen LogP) is 5.66. The standard InChI is InChI=1S/C21H18Cl2N2O3S/c1-13-6-10-16(11-7-13)29(27,28)25-19-12-15(9-8-14(19)2)21(26)24-18-5-3-4-17(22)20(18)23/h3-12,25H,1-2H3,(H,24,26). The number of rotatable bonds is 5. The third-order valence-electron chi connectivity index (χ3n) is 4.28. The van der Waals surface area contributed by atoms with Gasteiger partial charge in [0.25, 0.3) is 15.9 Å². The highest BCUT2D eigenvalue weighted by Crippen LogP contribution is 2.30. The number of halogens is 2. The van der Waals surface area contributed by atoms with E-state index >= 15 is 0 Å². The molecule has 1 amide bonds. The number of hydrogen-bond donors (Lipinski definition) is 2. The number of anilines is 2. The maximum Gasteiger partial charge on any atom is 0.261 e. The van der Waals surface area contributed by atoms with E-state index in [0.717, 1.165) is 5.56 Å². The van der Waals surface area contributed by atoms with Crippen molar-refractivity contribution in [1.29, 1.82) is 0 Å². The molecule has 29 heavy (non-hydrogen) atoms. The molecule has 150 valence electrons. The maximum atomic E-state index is 12.7. The summed E-state index contributed by atoms with van der Waals surface area (Å²) in [5.74, 6) is -0.440. The van der Waals surface area contributed by atoms with Crippen molar-refractivity contribution in [3.05, 3.63) is 87.4 Å². The Hall–Kier alpha value is -2.54. The maximum absolute atomic E-state index is 12.7. The van der Waals surface area contributed by atoms with Crippen LogP contribution in [0.3, 0.4) is 0 Å². The van der Waals surface area contributed by atoms with E-state index in [9.17, 15) is 13.2 Å². The van der Waals surface area contributed by atoms with E-state index in [4.69, 9.17) is 23.2 Å². The second kappa shape index (κ2) is 8.45. The van der Waals surface area contributed by atoms with E-state index in [1.807, 2.05) is 6.92 Å². The minimum atomic E-state index is -3.79. The predicted molar refractivity (Wildman–Crippen MR) is 118 cm³/mol. The monoisotopic (exact) mass is 448 g/mol. The summed E-state index contributed by atoms with van der Waals surface area (Å²) in [6.45, 7) is 3.63. The molecule has 3 aromatic carbocycles. The van der Waals surface area contributed by atoms with Gasteiger partial charge in [-0.05, 0) is 55.8 Å². The molecular weight excluding hydrogens is 431 g/mol. The molecule has 2 N–H and O–H groups in total. The third kappa shape index (κ3) is 4.90. The van der Waals surface area contributed by atoms with Gasteiger partial charge in [-0.1, -0.05) is 53.0 Å². The van der Waals surface area contributed by atoms with Crippen molar-refractivity contribution in [3.63, 3.8) is 0 Å². The Kier molecular flexibility index (Phi) is 6.17. The van der Waals surface area contributed by atoms with Gasteiger partial charge in [-0.15, -0.1) is 0 Å². The Morgan fingerprint density at radius 3 is 2.28 bits per heavy atom. The Balaban J connectivity index is 1.87. The van der Waals surface area contributed by atoms with Crippen LogP contribution >= 0.6 is 23.2 Å². The summed E-state index contributed by atoms with van der Waals surface area (Å²) in [5.41, 5.74) is 2.59. The average molecular weight is 449 g/mol. The van der Waals surface area contributed by atoms with Gasteiger partial charge in [-0.2, -0.15) is 0 Å². The number of amides is 1. The number of nitrogens with one attached hydrogen (secondary N) is 2. The van der Waals surface area contributed by atoms with Crippen LogP contribution in [0.25, 0.3) is 0 Å². The molecule has 0 spiro atoms. The molecule has 0 radical (unpaired) electrons. The molecule has 0 aromatic heterocycles. The topological polar surface area (TPSA) is 75.3 Å². The minimum absolute atomic E-state index is 0.142. The molecule has 0 bridgehead atoms. The minimum Gasteiger partial charge on any atom is -0.321 e. The van der Waals surface area contributed by atoms with Crippen LogP contribution in [0, 0.1) is 13.8 Å². The Morgan fingerprint density at radius 1 is 0.897 bits per heavy atom. The van der Waals surface area contributed by atoms with Crippen LogP contribution in [0.5, 0.6) is 0 Å². The first-order valence-electron chi connectivity index (χ1n) is 8.63. The highest BCUT2D eigenvalue weighted by atomic mass is 35.5. The van der Waals surface area contributed by atoms with Crippen LogP contribution in [0.4, 0.5) is 11.4 Å². The Bertz CT molecular complexity index is 1180.